The van der Waals surface area contributed by atoms with Gasteiger partial charge in [-0.1, -0.05) is 6.92 Å². The Morgan fingerprint density at radius 1 is 1.69 bits per heavy atom. The van der Waals surface area contributed by atoms with E-state index in [2.05, 4.69) is 10.4 Å². The Morgan fingerprint density at radius 2 is 2.50 bits per heavy atom. The Labute approximate surface area is 96.7 Å². The van der Waals surface area contributed by atoms with E-state index in [9.17, 15) is 5.11 Å². The molecule has 2 atom stereocenters. The normalized spacial score (nSPS) is 21.8. The van der Waals surface area contributed by atoms with E-state index in [1.807, 2.05) is 24.9 Å². The van der Waals surface area contributed by atoms with Crippen molar-refractivity contribution in [3.05, 3.63) is 17.5 Å². The number of aliphatic hydroxyl groups excluding tert-OH is 1. The SMILES string of the molecule is CCC(O)CNC1CCCc2c1cnn2C. The Bertz CT molecular complexity index is 348. The second kappa shape index (κ2) is 4.97. The summed E-state index contributed by atoms with van der Waals surface area (Å²) in [5.74, 6) is 0. The molecule has 0 fully saturated rings. The molecule has 1 aromatic heterocycles. The summed E-state index contributed by atoms with van der Waals surface area (Å²) >= 11 is 0. The minimum absolute atomic E-state index is 0.234. The first-order valence-corrected chi connectivity index (χ1v) is 6.14. The summed E-state index contributed by atoms with van der Waals surface area (Å²) in [4.78, 5) is 0. The van der Waals surface area contributed by atoms with Crippen LogP contribution < -0.4 is 5.32 Å². The maximum absolute atomic E-state index is 9.56. The molecule has 4 heteroatoms. The van der Waals surface area contributed by atoms with Crippen molar-refractivity contribution < 1.29 is 5.11 Å². The van der Waals surface area contributed by atoms with Gasteiger partial charge in [-0.15, -0.1) is 0 Å². The maximum atomic E-state index is 9.56. The Kier molecular flexibility index (Phi) is 3.61. The van der Waals surface area contributed by atoms with Crippen LogP contribution in [0, 0.1) is 0 Å². The molecule has 0 bridgehead atoms. The summed E-state index contributed by atoms with van der Waals surface area (Å²) in [6, 6.07) is 0.374. The summed E-state index contributed by atoms with van der Waals surface area (Å²) in [6.45, 7) is 2.68. The van der Waals surface area contributed by atoms with E-state index in [0.29, 0.717) is 12.6 Å². The van der Waals surface area contributed by atoms with Crippen LogP contribution in [0.3, 0.4) is 0 Å². The highest BCUT2D eigenvalue weighted by atomic mass is 16.3. The fourth-order valence-electron chi connectivity index (χ4n) is 2.34. The molecule has 16 heavy (non-hydrogen) atoms. The number of rotatable bonds is 4. The van der Waals surface area contributed by atoms with E-state index in [-0.39, 0.29) is 6.10 Å². The molecule has 90 valence electrons. The largest absolute Gasteiger partial charge is 0.392 e. The summed E-state index contributed by atoms with van der Waals surface area (Å²) in [6.07, 6.45) is 6.01. The zero-order chi connectivity index (χ0) is 11.5. The van der Waals surface area contributed by atoms with E-state index in [1.54, 1.807) is 0 Å². The summed E-state index contributed by atoms with van der Waals surface area (Å²) in [7, 11) is 2.00. The van der Waals surface area contributed by atoms with Crippen LogP contribution in [0.4, 0.5) is 0 Å². The third kappa shape index (κ3) is 2.28. The molecule has 0 radical (unpaired) electrons. The Balaban J connectivity index is 2.02. The molecule has 4 nitrogen and oxygen atoms in total. The first-order valence-electron chi connectivity index (χ1n) is 6.14. The van der Waals surface area contributed by atoms with Crippen LogP contribution in [0.15, 0.2) is 6.20 Å². The van der Waals surface area contributed by atoms with Crippen molar-refractivity contribution in [3.8, 4) is 0 Å². The number of hydrogen-bond acceptors (Lipinski definition) is 3. The molecule has 1 aliphatic carbocycles. The topological polar surface area (TPSA) is 50.1 Å². The van der Waals surface area contributed by atoms with Gasteiger partial charge in [-0.05, 0) is 25.7 Å². The van der Waals surface area contributed by atoms with E-state index in [0.717, 1.165) is 19.3 Å². The van der Waals surface area contributed by atoms with Gasteiger partial charge in [-0.2, -0.15) is 5.10 Å². The molecule has 0 saturated carbocycles. The molecule has 1 heterocycles. The molecule has 1 aliphatic rings. The van der Waals surface area contributed by atoms with Gasteiger partial charge >= 0.3 is 0 Å². The highest BCUT2D eigenvalue weighted by Crippen LogP contribution is 2.28. The van der Waals surface area contributed by atoms with E-state index in [4.69, 9.17) is 0 Å². The van der Waals surface area contributed by atoms with Crippen molar-refractivity contribution >= 4 is 0 Å². The fourth-order valence-corrected chi connectivity index (χ4v) is 2.34. The van der Waals surface area contributed by atoms with Gasteiger partial charge in [-0.3, -0.25) is 4.68 Å². The smallest absolute Gasteiger partial charge is 0.0662 e. The number of aromatic nitrogens is 2. The van der Waals surface area contributed by atoms with E-state index < -0.39 is 0 Å². The lowest BCUT2D eigenvalue weighted by atomic mass is 9.93. The molecule has 0 aromatic carbocycles. The van der Waals surface area contributed by atoms with Crippen molar-refractivity contribution in [2.24, 2.45) is 7.05 Å². The van der Waals surface area contributed by atoms with Gasteiger partial charge in [0, 0.05) is 30.9 Å². The molecule has 0 saturated heterocycles. The average Bonchev–Trinajstić information content (AvgIpc) is 2.69. The minimum atomic E-state index is -0.234. The lowest BCUT2D eigenvalue weighted by molar-refractivity contribution is 0.161. The highest BCUT2D eigenvalue weighted by molar-refractivity contribution is 5.24. The van der Waals surface area contributed by atoms with Crippen LogP contribution >= 0.6 is 0 Å². The third-order valence-corrected chi connectivity index (χ3v) is 3.45. The molecular weight excluding hydrogens is 202 g/mol. The van der Waals surface area contributed by atoms with Gasteiger partial charge in [0.2, 0.25) is 0 Å². The van der Waals surface area contributed by atoms with Crippen LogP contribution in [-0.4, -0.2) is 27.5 Å². The number of aliphatic hydroxyl groups is 1. The van der Waals surface area contributed by atoms with Crippen LogP contribution in [0.5, 0.6) is 0 Å². The van der Waals surface area contributed by atoms with Gasteiger partial charge in [0.1, 0.15) is 0 Å². The summed E-state index contributed by atoms with van der Waals surface area (Å²) in [5.41, 5.74) is 2.66. The van der Waals surface area contributed by atoms with Crippen molar-refractivity contribution in [2.45, 2.75) is 44.8 Å². The number of fused-ring (bicyclic) bond motifs is 1. The van der Waals surface area contributed by atoms with Crippen molar-refractivity contribution in [1.82, 2.24) is 15.1 Å². The monoisotopic (exact) mass is 223 g/mol. The molecule has 1 aromatic rings. The standard InChI is InChI=1S/C12H21N3O/c1-3-9(16)7-13-11-5-4-6-12-10(11)8-14-15(12)2/h8-9,11,13,16H,3-7H2,1-2H3. The number of nitrogens with one attached hydrogen (secondary N) is 1. The Hall–Kier alpha value is -0.870. The van der Waals surface area contributed by atoms with Gasteiger partial charge in [0.25, 0.3) is 0 Å². The lowest BCUT2D eigenvalue weighted by Crippen LogP contribution is -2.31. The maximum Gasteiger partial charge on any atom is 0.0662 e. The van der Waals surface area contributed by atoms with Crippen LogP contribution in [0.2, 0.25) is 0 Å². The van der Waals surface area contributed by atoms with Gasteiger partial charge < -0.3 is 10.4 Å². The van der Waals surface area contributed by atoms with Crippen molar-refractivity contribution in [1.29, 1.82) is 0 Å². The summed E-state index contributed by atoms with van der Waals surface area (Å²) in [5, 5.41) is 17.3. The molecule has 2 unspecified atom stereocenters. The minimum Gasteiger partial charge on any atom is -0.392 e. The fraction of sp³-hybridized carbons (Fsp3) is 0.750. The number of hydrogen-bond donors (Lipinski definition) is 2. The zero-order valence-electron chi connectivity index (χ0n) is 10.1. The zero-order valence-corrected chi connectivity index (χ0v) is 10.1. The molecular formula is C12H21N3O. The number of nitrogens with zero attached hydrogens (tertiary/aromatic N) is 2. The van der Waals surface area contributed by atoms with Crippen LogP contribution in [0.25, 0.3) is 0 Å². The van der Waals surface area contributed by atoms with Gasteiger partial charge in [0.15, 0.2) is 0 Å². The quantitative estimate of drug-likeness (QED) is 0.805. The van der Waals surface area contributed by atoms with Crippen molar-refractivity contribution in [2.75, 3.05) is 6.54 Å². The van der Waals surface area contributed by atoms with Crippen LogP contribution in [-0.2, 0) is 13.5 Å². The van der Waals surface area contributed by atoms with E-state index >= 15 is 0 Å². The highest BCUT2D eigenvalue weighted by Gasteiger charge is 2.23. The lowest BCUT2D eigenvalue weighted by Gasteiger charge is -2.24. The molecule has 0 spiro atoms. The second-order valence-electron chi connectivity index (χ2n) is 4.59. The first kappa shape index (κ1) is 11.6. The predicted octanol–water partition coefficient (Wildman–Crippen LogP) is 1.16. The first-order chi connectivity index (χ1) is 7.72. The Morgan fingerprint density at radius 3 is 3.25 bits per heavy atom. The van der Waals surface area contributed by atoms with Crippen LogP contribution in [0.1, 0.15) is 43.5 Å². The predicted molar refractivity (Wildman–Crippen MR) is 63.2 cm³/mol. The molecule has 2 rings (SSSR count). The molecule has 2 N–H and O–H groups in total. The second-order valence-corrected chi connectivity index (χ2v) is 4.59. The van der Waals surface area contributed by atoms with Crippen molar-refractivity contribution in [3.63, 3.8) is 0 Å². The third-order valence-electron chi connectivity index (χ3n) is 3.45. The van der Waals surface area contributed by atoms with Gasteiger partial charge in [-0.25, -0.2) is 0 Å². The molecule has 0 amide bonds. The average molecular weight is 223 g/mol. The van der Waals surface area contributed by atoms with Gasteiger partial charge in [0.05, 0.1) is 12.3 Å². The summed E-state index contributed by atoms with van der Waals surface area (Å²) < 4.78 is 1.97. The molecule has 0 aliphatic heterocycles. The number of aryl methyl sites for hydroxylation is 1. The van der Waals surface area contributed by atoms with E-state index in [1.165, 1.54) is 17.7 Å².